The Morgan fingerprint density at radius 2 is 1.68 bits per heavy atom. The lowest BCUT2D eigenvalue weighted by Gasteiger charge is -2.38. The maximum atomic E-state index is 13.5. The number of likely N-dealkylation sites (tertiary alicyclic amines) is 1. The van der Waals surface area contributed by atoms with Crippen LogP contribution in [0.25, 0.3) is 0 Å². The molecule has 2 saturated carbocycles. The molecular weight excluding hydrogens is 394 g/mol. The van der Waals surface area contributed by atoms with Gasteiger partial charge >= 0.3 is 0 Å². The molecule has 1 saturated heterocycles. The molecule has 7 heteroatoms. The zero-order chi connectivity index (χ0) is 22.7. The van der Waals surface area contributed by atoms with Crippen LogP contribution >= 0.6 is 0 Å². The number of hydrogen-bond acceptors (Lipinski definition) is 5. The van der Waals surface area contributed by atoms with Crippen molar-refractivity contribution in [2.75, 3.05) is 6.54 Å². The molecule has 1 heterocycles. The number of aliphatic hydroxyl groups is 1. The summed E-state index contributed by atoms with van der Waals surface area (Å²) in [5.41, 5.74) is 5.26. The van der Waals surface area contributed by atoms with Gasteiger partial charge in [-0.2, -0.15) is 0 Å². The Hall–Kier alpha value is -1.47. The number of rotatable bonds is 10. The fourth-order valence-corrected chi connectivity index (χ4v) is 5.74. The van der Waals surface area contributed by atoms with Crippen LogP contribution in [0.4, 0.5) is 0 Å². The van der Waals surface area contributed by atoms with Gasteiger partial charge in [-0.25, -0.2) is 0 Å². The minimum Gasteiger partial charge on any atom is -0.376 e. The minimum absolute atomic E-state index is 0.0598. The number of nitrogens with two attached hydrogens (primary N) is 1. The molecule has 0 aromatic heterocycles. The summed E-state index contributed by atoms with van der Waals surface area (Å²) in [6.07, 6.45) is 8.13. The van der Waals surface area contributed by atoms with Gasteiger partial charge in [0.05, 0.1) is 12.1 Å². The molecule has 0 radical (unpaired) electrons. The van der Waals surface area contributed by atoms with Gasteiger partial charge in [-0.3, -0.25) is 19.7 Å². The Labute approximate surface area is 186 Å². The van der Waals surface area contributed by atoms with E-state index in [1.165, 1.54) is 19.3 Å². The molecule has 0 aromatic rings. The van der Waals surface area contributed by atoms with Crippen molar-refractivity contribution >= 4 is 17.6 Å². The summed E-state index contributed by atoms with van der Waals surface area (Å²) in [5.74, 6) is -0.385. The quantitative estimate of drug-likeness (QED) is 0.360. The number of nitrogens with zero attached hydrogens (tertiary/aromatic N) is 1. The minimum atomic E-state index is -1.07. The first-order valence-corrected chi connectivity index (χ1v) is 12.3. The smallest absolute Gasteiger partial charge is 0.286 e. The van der Waals surface area contributed by atoms with Crippen LogP contribution in [0.5, 0.6) is 0 Å². The highest BCUT2D eigenvalue weighted by Gasteiger charge is 2.46. The maximum Gasteiger partial charge on any atom is 0.286 e. The van der Waals surface area contributed by atoms with Gasteiger partial charge in [-0.05, 0) is 49.4 Å². The third-order valence-corrected chi connectivity index (χ3v) is 7.91. The number of nitrogens with one attached hydrogen (secondary N) is 1. The Kier molecular flexibility index (Phi) is 8.14. The molecule has 3 rings (SSSR count). The first-order chi connectivity index (χ1) is 14.7. The van der Waals surface area contributed by atoms with Crippen LogP contribution in [-0.4, -0.2) is 52.5 Å². The molecule has 2 aliphatic carbocycles. The number of hydrogen-bond donors (Lipinski definition) is 3. The van der Waals surface area contributed by atoms with Gasteiger partial charge in [0.2, 0.25) is 11.7 Å². The largest absolute Gasteiger partial charge is 0.376 e. The molecule has 0 aromatic carbocycles. The summed E-state index contributed by atoms with van der Waals surface area (Å²) in [7, 11) is 0. The fraction of sp³-hybridized carbons (Fsp3) is 0.875. The van der Waals surface area contributed by atoms with Crippen LogP contribution in [0.3, 0.4) is 0 Å². The average Bonchev–Trinajstić information content (AvgIpc) is 3.45. The van der Waals surface area contributed by atoms with Gasteiger partial charge in [0.25, 0.3) is 5.91 Å². The lowest BCUT2D eigenvalue weighted by molar-refractivity contribution is -0.143. The number of Topliss-reactive ketones (excluding diaryl/α,β-unsaturated/α-hetero) is 1. The van der Waals surface area contributed by atoms with Gasteiger partial charge in [0.1, 0.15) is 6.23 Å². The van der Waals surface area contributed by atoms with E-state index >= 15 is 0 Å². The molecule has 176 valence electrons. The Morgan fingerprint density at radius 1 is 1.03 bits per heavy atom. The molecule has 3 aliphatic rings. The van der Waals surface area contributed by atoms with Gasteiger partial charge in [0, 0.05) is 12.5 Å². The van der Waals surface area contributed by atoms with Gasteiger partial charge in [-0.1, -0.05) is 52.9 Å². The highest BCUT2D eigenvalue weighted by Crippen LogP contribution is 2.37. The molecule has 1 aliphatic heterocycles. The van der Waals surface area contributed by atoms with E-state index in [-0.39, 0.29) is 23.7 Å². The van der Waals surface area contributed by atoms with Crippen molar-refractivity contribution in [3.63, 3.8) is 0 Å². The molecule has 2 unspecified atom stereocenters. The second-order valence-corrected chi connectivity index (χ2v) is 10.5. The van der Waals surface area contributed by atoms with E-state index in [1.54, 1.807) is 0 Å². The van der Waals surface area contributed by atoms with Crippen molar-refractivity contribution in [3.8, 4) is 0 Å². The van der Waals surface area contributed by atoms with Crippen LogP contribution in [0.15, 0.2) is 0 Å². The first kappa shape index (κ1) is 24.2. The van der Waals surface area contributed by atoms with Crippen LogP contribution in [0, 0.1) is 29.6 Å². The molecule has 2 amide bonds. The van der Waals surface area contributed by atoms with E-state index in [2.05, 4.69) is 19.2 Å². The lowest BCUT2D eigenvalue weighted by Crippen LogP contribution is -2.58. The zero-order valence-corrected chi connectivity index (χ0v) is 19.4. The molecule has 4 N–H and O–H groups in total. The molecular formula is C24H41N3O4. The van der Waals surface area contributed by atoms with Crippen molar-refractivity contribution < 1.29 is 19.5 Å². The van der Waals surface area contributed by atoms with Crippen LogP contribution in [-0.2, 0) is 14.4 Å². The van der Waals surface area contributed by atoms with E-state index in [0.29, 0.717) is 24.8 Å². The number of ketones is 1. The number of carbonyl (C=O) groups is 3. The van der Waals surface area contributed by atoms with Crippen molar-refractivity contribution in [3.05, 3.63) is 0 Å². The molecule has 0 bridgehead atoms. The van der Waals surface area contributed by atoms with E-state index in [1.807, 2.05) is 11.8 Å². The predicted octanol–water partition coefficient (Wildman–Crippen LogP) is 2.21. The summed E-state index contributed by atoms with van der Waals surface area (Å²) in [4.78, 5) is 39.3. The fourth-order valence-electron chi connectivity index (χ4n) is 5.74. The summed E-state index contributed by atoms with van der Waals surface area (Å²) in [5, 5.41) is 14.2. The van der Waals surface area contributed by atoms with E-state index in [4.69, 9.17) is 5.73 Å². The molecule has 7 nitrogen and oxygen atoms in total. The van der Waals surface area contributed by atoms with Gasteiger partial charge in [-0.15, -0.1) is 0 Å². The van der Waals surface area contributed by atoms with Crippen molar-refractivity contribution in [2.24, 2.45) is 35.3 Å². The predicted molar refractivity (Wildman–Crippen MR) is 119 cm³/mol. The highest BCUT2D eigenvalue weighted by molar-refractivity contribution is 6.37. The summed E-state index contributed by atoms with van der Waals surface area (Å²) in [6, 6.07) is -1.19. The monoisotopic (exact) mass is 435 g/mol. The SMILES string of the molecule is CC(C)[C@H]1CCN(C(=O)[C@@H](C)C2CCCCC2)[C@@H]1C(O)NC(CC1CC1)C(=O)C(N)=O. The third kappa shape index (κ3) is 5.86. The van der Waals surface area contributed by atoms with Crippen LogP contribution in [0.2, 0.25) is 0 Å². The average molecular weight is 436 g/mol. The molecule has 0 spiro atoms. The Bertz CT molecular complexity index is 657. The van der Waals surface area contributed by atoms with E-state index in [9.17, 15) is 19.5 Å². The third-order valence-electron chi connectivity index (χ3n) is 7.91. The second kappa shape index (κ2) is 10.4. The van der Waals surface area contributed by atoms with E-state index in [0.717, 1.165) is 32.1 Å². The normalized spacial score (nSPS) is 27.8. The first-order valence-electron chi connectivity index (χ1n) is 12.3. The van der Waals surface area contributed by atoms with Crippen LogP contribution < -0.4 is 11.1 Å². The van der Waals surface area contributed by atoms with Crippen molar-refractivity contribution in [1.82, 2.24) is 10.2 Å². The Morgan fingerprint density at radius 3 is 2.23 bits per heavy atom. The standard InChI is InChI=1S/C24H41N3O4/c1-14(2)18-11-12-27(24(31)15(3)17-7-5-4-6-8-17)20(18)23(30)26-19(13-16-9-10-16)21(28)22(25)29/h14-20,23,26,30H,4-13H2,1-3H3,(H2,25,29)/t15-,18+,19?,20-,23?/m0/s1. The number of aliphatic hydroxyl groups excluding tert-OH is 1. The highest BCUT2D eigenvalue weighted by atomic mass is 16.3. The maximum absolute atomic E-state index is 13.5. The van der Waals surface area contributed by atoms with Gasteiger partial charge < -0.3 is 15.7 Å². The summed E-state index contributed by atoms with van der Waals surface area (Å²) in [6.45, 7) is 6.88. The van der Waals surface area contributed by atoms with Crippen LogP contribution in [0.1, 0.15) is 78.6 Å². The van der Waals surface area contributed by atoms with Crippen molar-refractivity contribution in [1.29, 1.82) is 0 Å². The Balaban J connectivity index is 1.74. The number of amides is 2. The molecule has 5 atom stereocenters. The molecule has 3 fully saturated rings. The second-order valence-electron chi connectivity index (χ2n) is 10.5. The summed E-state index contributed by atoms with van der Waals surface area (Å²) < 4.78 is 0. The number of primary amides is 1. The molecule has 31 heavy (non-hydrogen) atoms. The summed E-state index contributed by atoms with van der Waals surface area (Å²) >= 11 is 0. The zero-order valence-electron chi connectivity index (χ0n) is 19.4. The number of carbonyl (C=O) groups excluding carboxylic acids is 3. The van der Waals surface area contributed by atoms with Crippen molar-refractivity contribution in [2.45, 2.75) is 96.9 Å². The van der Waals surface area contributed by atoms with E-state index < -0.39 is 30.0 Å². The lowest BCUT2D eigenvalue weighted by atomic mass is 9.80. The van der Waals surface area contributed by atoms with Gasteiger partial charge in [0.15, 0.2) is 0 Å². The topological polar surface area (TPSA) is 113 Å².